The van der Waals surface area contributed by atoms with Gasteiger partial charge in [0.25, 0.3) is 5.91 Å². The normalized spacial score (nSPS) is 10.3. The summed E-state index contributed by atoms with van der Waals surface area (Å²) in [6.07, 6.45) is 0. The number of nitrogens with one attached hydrogen (secondary N) is 1. The maximum absolute atomic E-state index is 12.5. The van der Waals surface area contributed by atoms with Crippen LogP contribution in [0.4, 0.5) is 5.69 Å². The van der Waals surface area contributed by atoms with Crippen molar-refractivity contribution in [1.29, 1.82) is 0 Å². The quantitative estimate of drug-likeness (QED) is 0.635. The number of amides is 1. The van der Waals surface area contributed by atoms with Crippen LogP contribution in [-0.2, 0) is 0 Å². The first-order chi connectivity index (χ1) is 13.0. The van der Waals surface area contributed by atoms with E-state index in [4.69, 9.17) is 25.5 Å². The van der Waals surface area contributed by atoms with Crippen LogP contribution in [0, 0.1) is 0 Å². The molecule has 0 saturated heterocycles. The van der Waals surface area contributed by atoms with Gasteiger partial charge in [0.05, 0.1) is 24.9 Å². The Morgan fingerprint density at radius 3 is 2.26 bits per heavy atom. The van der Waals surface area contributed by atoms with Crippen LogP contribution in [0.25, 0.3) is 0 Å². The summed E-state index contributed by atoms with van der Waals surface area (Å²) in [4.78, 5) is 24.9. The summed E-state index contributed by atoms with van der Waals surface area (Å²) in [6.45, 7) is 0. The Morgan fingerprint density at radius 2 is 1.59 bits per heavy atom. The number of rotatable bonds is 6. The van der Waals surface area contributed by atoms with Crippen LogP contribution in [0.5, 0.6) is 11.5 Å². The van der Waals surface area contributed by atoms with Crippen LogP contribution < -0.4 is 14.8 Å². The largest absolute Gasteiger partial charge is 0.495 e. The molecule has 138 valence electrons. The maximum Gasteiger partial charge on any atom is 0.291 e. The third kappa shape index (κ3) is 3.96. The first kappa shape index (κ1) is 18.5. The smallest absolute Gasteiger partial charge is 0.291 e. The van der Waals surface area contributed by atoms with Gasteiger partial charge in [-0.25, -0.2) is 0 Å². The third-order valence-corrected chi connectivity index (χ3v) is 4.11. The number of ketones is 1. The SMILES string of the molecule is COc1cc(NC(=O)c2ccc(C(=O)c3ccccc3)o2)c(OC)cc1Cl. The molecule has 1 aromatic heterocycles. The number of furan rings is 1. The van der Waals surface area contributed by atoms with E-state index in [1.807, 2.05) is 6.07 Å². The minimum atomic E-state index is -0.537. The van der Waals surface area contributed by atoms with E-state index in [9.17, 15) is 9.59 Å². The lowest BCUT2D eigenvalue weighted by Crippen LogP contribution is -2.12. The molecule has 2 aromatic carbocycles. The average molecular weight is 386 g/mol. The molecule has 0 bridgehead atoms. The first-order valence-electron chi connectivity index (χ1n) is 7.96. The van der Waals surface area contributed by atoms with Crippen molar-refractivity contribution in [3.63, 3.8) is 0 Å². The number of halogens is 1. The van der Waals surface area contributed by atoms with Gasteiger partial charge in [0.2, 0.25) is 5.78 Å². The molecule has 0 atom stereocenters. The van der Waals surface area contributed by atoms with Gasteiger partial charge in [0, 0.05) is 17.7 Å². The van der Waals surface area contributed by atoms with Crippen molar-refractivity contribution < 1.29 is 23.5 Å². The van der Waals surface area contributed by atoms with E-state index in [0.717, 1.165) is 0 Å². The molecule has 1 amide bonds. The van der Waals surface area contributed by atoms with E-state index < -0.39 is 5.91 Å². The van der Waals surface area contributed by atoms with Crippen LogP contribution in [0.3, 0.4) is 0 Å². The lowest BCUT2D eigenvalue weighted by atomic mass is 10.1. The van der Waals surface area contributed by atoms with Crippen molar-refractivity contribution in [2.24, 2.45) is 0 Å². The molecule has 0 aliphatic rings. The second-order valence-corrected chi connectivity index (χ2v) is 5.91. The lowest BCUT2D eigenvalue weighted by Gasteiger charge is -2.12. The fourth-order valence-corrected chi connectivity index (χ4v) is 2.69. The van der Waals surface area contributed by atoms with Crippen LogP contribution in [0.2, 0.25) is 5.02 Å². The molecule has 3 rings (SSSR count). The van der Waals surface area contributed by atoms with Crippen LogP contribution in [-0.4, -0.2) is 25.9 Å². The summed E-state index contributed by atoms with van der Waals surface area (Å²) in [5.41, 5.74) is 0.832. The standard InChI is InChI=1S/C20H16ClNO5/c1-25-17-11-14(18(26-2)10-13(17)21)22-20(24)16-9-8-15(27-16)19(23)12-6-4-3-5-7-12/h3-11H,1-2H3,(H,22,24). The molecule has 0 fully saturated rings. The Hall–Kier alpha value is -3.25. The van der Waals surface area contributed by atoms with Crippen LogP contribution in [0.1, 0.15) is 26.7 Å². The number of anilines is 1. The van der Waals surface area contributed by atoms with Gasteiger partial charge in [-0.3, -0.25) is 9.59 Å². The summed E-state index contributed by atoms with van der Waals surface area (Å²) < 4.78 is 15.8. The fourth-order valence-electron chi connectivity index (χ4n) is 2.46. The number of benzene rings is 2. The summed E-state index contributed by atoms with van der Waals surface area (Å²) in [5.74, 6) is -0.0316. The van der Waals surface area contributed by atoms with Crippen molar-refractivity contribution in [3.8, 4) is 11.5 Å². The highest BCUT2D eigenvalue weighted by molar-refractivity contribution is 6.32. The molecule has 0 aliphatic heterocycles. The van der Waals surface area contributed by atoms with E-state index in [1.54, 1.807) is 24.3 Å². The molecular formula is C20H16ClNO5. The number of hydrogen-bond acceptors (Lipinski definition) is 5. The van der Waals surface area contributed by atoms with E-state index in [-0.39, 0.29) is 17.3 Å². The Bertz CT molecular complexity index is 981. The molecule has 0 unspecified atom stereocenters. The number of hydrogen-bond donors (Lipinski definition) is 1. The third-order valence-electron chi connectivity index (χ3n) is 3.81. The Labute approximate surface area is 160 Å². The van der Waals surface area contributed by atoms with E-state index in [0.29, 0.717) is 27.8 Å². The molecule has 1 N–H and O–H groups in total. The van der Waals surface area contributed by atoms with Gasteiger partial charge in [-0.05, 0) is 12.1 Å². The number of ether oxygens (including phenoxy) is 2. The topological polar surface area (TPSA) is 77.8 Å². The van der Waals surface area contributed by atoms with Gasteiger partial charge in [0.15, 0.2) is 11.5 Å². The van der Waals surface area contributed by atoms with Crippen molar-refractivity contribution >= 4 is 29.0 Å². The minimum Gasteiger partial charge on any atom is -0.495 e. The Kier molecular flexibility index (Phi) is 5.47. The van der Waals surface area contributed by atoms with Gasteiger partial charge in [-0.15, -0.1) is 0 Å². The highest BCUT2D eigenvalue weighted by Crippen LogP contribution is 2.36. The fraction of sp³-hybridized carbons (Fsp3) is 0.100. The zero-order chi connectivity index (χ0) is 19.4. The summed E-state index contributed by atoms with van der Waals surface area (Å²) in [7, 11) is 2.92. The number of carbonyl (C=O) groups excluding carboxylic acids is 2. The molecule has 0 radical (unpaired) electrons. The van der Waals surface area contributed by atoms with E-state index >= 15 is 0 Å². The zero-order valence-electron chi connectivity index (χ0n) is 14.6. The monoisotopic (exact) mass is 385 g/mol. The molecule has 3 aromatic rings. The summed E-state index contributed by atoms with van der Waals surface area (Å²) in [6, 6.07) is 14.6. The minimum absolute atomic E-state index is 0.00903. The molecular weight excluding hydrogens is 370 g/mol. The lowest BCUT2D eigenvalue weighted by molar-refractivity contribution is 0.0979. The Balaban J connectivity index is 1.82. The second kappa shape index (κ2) is 7.97. The molecule has 0 aliphatic carbocycles. The highest BCUT2D eigenvalue weighted by Gasteiger charge is 2.19. The van der Waals surface area contributed by atoms with Crippen LogP contribution in [0.15, 0.2) is 59.0 Å². The van der Waals surface area contributed by atoms with Crippen molar-refractivity contribution in [2.45, 2.75) is 0 Å². The van der Waals surface area contributed by atoms with Crippen molar-refractivity contribution in [3.05, 3.63) is 76.7 Å². The molecule has 0 spiro atoms. The molecule has 27 heavy (non-hydrogen) atoms. The van der Waals surface area contributed by atoms with Gasteiger partial charge in [-0.2, -0.15) is 0 Å². The van der Waals surface area contributed by atoms with Crippen molar-refractivity contribution in [2.75, 3.05) is 19.5 Å². The highest BCUT2D eigenvalue weighted by atomic mass is 35.5. The average Bonchev–Trinajstić information content (AvgIpc) is 3.19. The number of methoxy groups -OCH3 is 2. The predicted octanol–water partition coefficient (Wildman–Crippen LogP) is 4.43. The van der Waals surface area contributed by atoms with Gasteiger partial charge in [-0.1, -0.05) is 41.9 Å². The van der Waals surface area contributed by atoms with E-state index in [1.165, 1.54) is 38.5 Å². The molecule has 0 saturated carbocycles. The first-order valence-corrected chi connectivity index (χ1v) is 8.33. The summed E-state index contributed by atoms with van der Waals surface area (Å²) >= 11 is 6.06. The second-order valence-electron chi connectivity index (χ2n) is 5.50. The van der Waals surface area contributed by atoms with E-state index in [2.05, 4.69) is 5.32 Å². The maximum atomic E-state index is 12.5. The number of carbonyl (C=O) groups is 2. The predicted molar refractivity (Wildman–Crippen MR) is 101 cm³/mol. The van der Waals surface area contributed by atoms with Crippen LogP contribution >= 0.6 is 11.6 Å². The Morgan fingerprint density at radius 1 is 0.926 bits per heavy atom. The van der Waals surface area contributed by atoms with Gasteiger partial charge < -0.3 is 19.2 Å². The molecule has 7 heteroatoms. The summed E-state index contributed by atoms with van der Waals surface area (Å²) in [5, 5.41) is 3.01. The molecule has 6 nitrogen and oxygen atoms in total. The van der Waals surface area contributed by atoms with Gasteiger partial charge >= 0.3 is 0 Å². The molecule has 1 heterocycles. The van der Waals surface area contributed by atoms with Gasteiger partial charge in [0.1, 0.15) is 11.5 Å². The van der Waals surface area contributed by atoms with Crippen molar-refractivity contribution in [1.82, 2.24) is 0 Å². The zero-order valence-corrected chi connectivity index (χ0v) is 15.4.